The van der Waals surface area contributed by atoms with E-state index >= 15 is 0 Å². The van der Waals surface area contributed by atoms with Gasteiger partial charge in [-0.1, -0.05) is 6.92 Å². The average molecular weight is 131 g/mol. The summed E-state index contributed by atoms with van der Waals surface area (Å²) in [5.41, 5.74) is 5.60. The molecular weight excluding hydrogens is 114 g/mol. The highest BCUT2D eigenvalue weighted by atomic mass is 16.3. The summed E-state index contributed by atoms with van der Waals surface area (Å²) in [4.78, 5) is 0. The van der Waals surface area contributed by atoms with Crippen LogP contribution >= 0.6 is 0 Å². The molecule has 0 aromatic heterocycles. The van der Waals surface area contributed by atoms with Crippen LogP contribution in [0.2, 0.25) is 0 Å². The smallest absolute Gasteiger partial charge is 0.0434 e. The zero-order valence-corrected chi connectivity index (χ0v) is 6.52. The van der Waals surface area contributed by atoms with Gasteiger partial charge in [0, 0.05) is 12.1 Å². The van der Waals surface area contributed by atoms with E-state index in [9.17, 15) is 0 Å². The van der Waals surface area contributed by atoms with Crippen LogP contribution in [0.1, 0.15) is 27.2 Å². The van der Waals surface area contributed by atoms with E-state index in [0.717, 1.165) is 6.42 Å². The third-order valence-electron chi connectivity index (χ3n) is 1.83. The number of hydrogen-bond donors (Lipinski definition) is 2. The van der Waals surface area contributed by atoms with Crippen molar-refractivity contribution in [1.29, 1.82) is 0 Å². The van der Waals surface area contributed by atoms with E-state index in [1.807, 2.05) is 13.8 Å². The van der Waals surface area contributed by atoms with Crippen molar-refractivity contribution in [2.75, 3.05) is 6.61 Å². The van der Waals surface area contributed by atoms with Gasteiger partial charge in [0.1, 0.15) is 0 Å². The highest BCUT2D eigenvalue weighted by Crippen LogP contribution is 2.15. The number of hydrogen-bond acceptors (Lipinski definition) is 2. The van der Waals surface area contributed by atoms with Crippen LogP contribution in [-0.4, -0.2) is 17.3 Å². The Morgan fingerprint density at radius 1 is 1.56 bits per heavy atom. The van der Waals surface area contributed by atoms with Crippen LogP contribution in [0.15, 0.2) is 0 Å². The molecule has 0 aromatic carbocycles. The van der Waals surface area contributed by atoms with E-state index in [2.05, 4.69) is 6.92 Å². The Bertz CT molecular complexity index is 75.5. The summed E-state index contributed by atoms with van der Waals surface area (Å²) >= 11 is 0. The van der Waals surface area contributed by atoms with E-state index in [0.29, 0.717) is 5.92 Å². The Labute approximate surface area is 57.1 Å². The van der Waals surface area contributed by atoms with Crippen LogP contribution in [0.25, 0.3) is 0 Å². The maximum Gasteiger partial charge on any atom is 0.0434 e. The van der Waals surface area contributed by atoms with Gasteiger partial charge in [0.2, 0.25) is 0 Å². The fourth-order valence-electron chi connectivity index (χ4n) is 0.566. The lowest BCUT2D eigenvalue weighted by atomic mass is 9.88. The highest BCUT2D eigenvalue weighted by molar-refractivity contribution is 4.78. The maximum atomic E-state index is 8.54. The highest BCUT2D eigenvalue weighted by Gasteiger charge is 2.18. The van der Waals surface area contributed by atoms with Gasteiger partial charge in [-0.3, -0.25) is 0 Å². The van der Waals surface area contributed by atoms with Crippen molar-refractivity contribution >= 4 is 0 Å². The summed E-state index contributed by atoms with van der Waals surface area (Å²) in [6.45, 7) is 6.25. The van der Waals surface area contributed by atoms with Gasteiger partial charge in [-0.2, -0.15) is 0 Å². The van der Waals surface area contributed by atoms with Crippen molar-refractivity contribution in [2.24, 2.45) is 11.7 Å². The largest absolute Gasteiger partial charge is 0.396 e. The van der Waals surface area contributed by atoms with Crippen LogP contribution in [0.3, 0.4) is 0 Å². The van der Waals surface area contributed by atoms with Gasteiger partial charge in [0.15, 0.2) is 0 Å². The van der Waals surface area contributed by atoms with Crippen molar-refractivity contribution < 1.29 is 5.11 Å². The van der Waals surface area contributed by atoms with Gasteiger partial charge in [-0.15, -0.1) is 0 Å². The monoisotopic (exact) mass is 131 g/mol. The zero-order chi connectivity index (χ0) is 7.49. The first kappa shape index (κ1) is 8.92. The Hall–Kier alpha value is -0.0800. The molecule has 0 bridgehead atoms. The summed E-state index contributed by atoms with van der Waals surface area (Å²) in [5, 5.41) is 8.54. The molecule has 0 rings (SSSR count). The molecule has 0 fully saturated rings. The van der Waals surface area contributed by atoms with E-state index in [1.54, 1.807) is 0 Å². The molecule has 1 atom stereocenters. The molecule has 0 aliphatic carbocycles. The van der Waals surface area contributed by atoms with E-state index in [4.69, 9.17) is 10.8 Å². The minimum atomic E-state index is -0.150. The lowest BCUT2D eigenvalue weighted by molar-refractivity contribution is 0.224. The normalized spacial score (nSPS) is 15.7. The van der Waals surface area contributed by atoms with Crippen molar-refractivity contribution in [3.63, 3.8) is 0 Å². The van der Waals surface area contributed by atoms with Crippen molar-refractivity contribution in [3.8, 4) is 0 Å². The second-order valence-electron chi connectivity index (χ2n) is 3.23. The molecule has 3 N–H and O–H groups in total. The fraction of sp³-hybridized carbons (Fsp3) is 1.00. The Morgan fingerprint density at radius 3 is 2.11 bits per heavy atom. The standard InChI is InChI=1S/C7H17NO/c1-6(4-5-9)7(2,3)8/h6,9H,4-5,8H2,1-3H3. The Balaban J connectivity index is 3.59. The second-order valence-corrected chi connectivity index (χ2v) is 3.23. The molecule has 0 aromatic rings. The first-order valence-electron chi connectivity index (χ1n) is 3.38. The molecule has 0 saturated heterocycles. The fourth-order valence-corrected chi connectivity index (χ4v) is 0.566. The molecular formula is C7H17NO. The maximum absolute atomic E-state index is 8.54. The van der Waals surface area contributed by atoms with Gasteiger partial charge < -0.3 is 10.8 Å². The average Bonchev–Trinajstić information content (AvgIpc) is 1.64. The topological polar surface area (TPSA) is 46.2 Å². The van der Waals surface area contributed by atoms with E-state index < -0.39 is 0 Å². The molecule has 0 amide bonds. The molecule has 2 nitrogen and oxygen atoms in total. The molecule has 0 aliphatic heterocycles. The lowest BCUT2D eigenvalue weighted by Crippen LogP contribution is -2.39. The van der Waals surface area contributed by atoms with Crippen LogP contribution in [0.5, 0.6) is 0 Å². The lowest BCUT2D eigenvalue weighted by Gasteiger charge is -2.26. The first-order valence-corrected chi connectivity index (χ1v) is 3.38. The molecule has 0 spiro atoms. The van der Waals surface area contributed by atoms with Crippen molar-refractivity contribution in [1.82, 2.24) is 0 Å². The number of nitrogens with two attached hydrogens (primary N) is 1. The quantitative estimate of drug-likeness (QED) is 0.593. The summed E-state index contributed by atoms with van der Waals surface area (Å²) in [7, 11) is 0. The van der Waals surface area contributed by atoms with E-state index in [-0.39, 0.29) is 12.1 Å². The van der Waals surface area contributed by atoms with Crippen LogP contribution < -0.4 is 5.73 Å². The number of rotatable bonds is 3. The van der Waals surface area contributed by atoms with E-state index in [1.165, 1.54) is 0 Å². The Kier molecular flexibility index (Phi) is 3.15. The van der Waals surface area contributed by atoms with Crippen LogP contribution in [0.4, 0.5) is 0 Å². The second kappa shape index (κ2) is 3.18. The SMILES string of the molecule is CC(CCO)C(C)(C)N. The molecule has 0 aliphatic rings. The van der Waals surface area contributed by atoms with Crippen LogP contribution in [-0.2, 0) is 0 Å². The predicted octanol–water partition coefficient (Wildman–Crippen LogP) is 0.742. The summed E-state index contributed by atoms with van der Waals surface area (Å²) in [6, 6.07) is 0. The molecule has 2 heteroatoms. The van der Waals surface area contributed by atoms with Gasteiger partial charge in [-0.05, 0) is 26.2 Å². The van der Waals surface area contributed by atoms with Crippen LogP contribution in [0, 0.1) is 5.92 Å². The molecule has 56 valence electrons. The minimum Gasteiger partial charge on any atom is -0.396 e. The Morgan fingerprint density at radius 2 is 2.00 bits per heavy atom. The van der Waals surface area contributed by atoms with Gasteiger partial charge >= 0.3 is 0 Å². The third-order valence-corrected chi connectivity index (χ3v) is 1.83. The van der Waals surface area contributed by atoms with Gasteiger partial charge in [-0.25, -0.2) is 0 Å². The van der Waals surface area contributed by atoms with Gasteiger partial charge in [0.05, 0.1) is 0 Å². The summed E-state index contributed by atoms with van der Waals surface area (Å²) in [6.07, 6.45) is 0.795. The molecule has 0 heterocycles. The summed E-state index contributed by atoms with van der Waals surface area (Å²) in [5.74, 6) is 0.391. The first-order chi connectivity index (χ1) is 3.98. The molecule has 0 radical (unpaired) electrons. The zero-order valence-electron chi connectivity index (χ0n) is 6.52. The molecule has 9 heavy (non-hydrogen) atoms. The predicted molar refractivity (Wildman–Crippen MR) is 39.1 cm³/mol. The number of aliphatic hydroxyl groups is 1. The van der Waals surface area contributed by atoms with Crippen molar-refractivity contribution in [3.05, 3.63) is 0 Å². The molecule has 1 unspecified atom stereocenters. The van der Waals surface area contributed by atoms with Crippen molar-refractivity contribution in [2.45, 2.75) is 32.7 Å². The van der Waals surface area contributed by atoms with Gasteiger partial charge in [0.25, 0.3) is 0 Å². The summed E-state index contributed by atoms with van der Waals surface area (Å²) < 4.78 is 0. The number of aliphatic hydroxyl groups excluding tert-OH is 1. The minimum absolute atomic E-state index is 0.150. The third kappa shape index (κ3) is 3.49. The molecule has 0 saturated carbocycles.